The predicted molar refractivity (Wildman–Crippen MR) is 78.2 cm³/mol. The van der Waals surface area contributed by atoms with E-state index < -0.39 is 21.8 Å². The van der Waals surface area contributed by atoms with Gasteiger partial charge in [0.15, 0.2) is 0 Å². The molecule has 0 radical (unpaired) electrons. The zero-order valence-electron chi connectivity index (χ0n) is 12.6. The molecule has 2 fully saturated rings. The Kier molecular flexibility index (Phi) is 4.41. The lowest BCUT2D eigenvalue weighted by Crippen LogP contribution is -2.87. The van der Waals surface area contributed by atoms with Crippen molar-refractivity contribution in [2.24, 2.45) is 0 Å². The molecule has 0 spiro atoms. The molecule has 1 aromatic rings. The van der Waals surface area contributed by atoms with Crippen LogP contribution < -0.4 is 5.32 Å². The first-order valence-corrected chi connectivity index (χ1v) is 9.26. The zero-order chi connectivity index (χ0) is 16.7. The quantitative estimate of drug-likeness (QED) is 0.897. The lowest BCUT2D eigenvalue weighted by molar-refractivity contribution is -0.663. The van der Waals surface area contributed by atoms with Gasteiger partial charge in [-0.15, -0.1) is 0 Å². The molecule has 1 heterocycles. The summed E-state index contributed by atoms with van der Waals surface area (Å²) >= 11 is 0. The van der Waals surface area contributed by atoms with E-state index in [1.54, 1.807) is 0 Å². The van der Waals surface area contributed by atoms with Crippen LogP contribution in [-0.2, 0) is 16.2 Å². The molecule has 1 aliphatic heterocycles. The molecule has 3 rings (SSSR count). The standard InChI is InChI=1S/C15H19F3N2O2S/c16-15(17,18)11-2-1-3-14(10-11)23(21,22)20(12-4-5-12)13-6-8-19-9-7-13/h1-3,10,12-13,19H,4-9H2/p+1. The number of sulfonamides is 1. The summed E-state index contributed by atoms with van der Waals surface area (Å²) in [4.78, 5) is -0.256. The van der Waals surface area contributed by atoms with Crippen LogP contribution in [0, 0.1) is 0 Å². The largest absolute Gasteiger partial charge is 0.416 e. The third-order valence-corrected chi connectivity index (χ3v) is 6.41. The van der Waals surface area contributed by atoms with Crippen LogP contribution in [0.1, 0.15) is 31.2 Å². The Bertz CT molecular complexity index is 666. The number of rotatable bonds is 4. The molecule has 0 aromatic heterocycles. The van der Waals surface area contributed by atoms with Gasteiger partial charge in [0, 0.05) is 24.9 Å². The molecule has 1 saturated heterocycles. The second kappa shape index (κ2) is 6.07. The number of halogens is 3. The molecule has 0 amide bonds. The highest BCUT2D eigenvalue weighted by Gasteiger charge is 2.43. The number of nitrogens with zero attached hydrogens (tertiary/aromatic N) is 1. The maximum absolute atomic E-state index is 12.9. The Morgan fingerprint density at radius 1 is 1.04 bits per heavy atom. The molecule has 1 aromatic carbocycles. The summed E-state index contributed by atoms with van der Waals surface area (Å²) in [5.41, 5.74) is -0.925. The normalized spacial score (nSPS) is 20.9. The van der Waals surface area contributed by atoms with E-state index in [0.29, 0.717) is 0 Å². The summed E-state index contributed by atoms with van der Waals surface area (Å²) in [6.07, 6.45) is -1.48. The van der Waals surface area contributed by atoms with Crippen molar-refractivity contribution in [2.75, 3.05) is 13.1 Å². The van der Waals surface area contributed by atoms with E-state index in [-0.39, 0.29) is 17.0 Å². The third-order valence-electron chi connectivity index (χ3n) is 4.41. The molecule has 0 unspecified atom stereocenters. The average molecular weight is 349 g/mol. The van der Waals surface area contributed by atoms with Crippen LogP contribution in [0.4, 0.5) is 13.2 Å². The van der Waals surface area contributed by atoms with E-state index in [1.807, 2.05) is 0 Å². The van der Waals surface area contributed by atoms with Gasteiger partial charge in [-0.25, -0.2) is 8.42 Å². The predicted octanol–water partition coefficient (Wildman–Crippen LogP) is 1.58. The molecule has 0 bridgehead atoms. The first-order valence-electron chi connectivity index (χ1n) is 7.82. The Morgan fingerprint density at radius 3 is 2.22 bits per heavy atom. The van der Waals surface area contributed by atoms with Crippen LogP contribution in [0.5, 0.6) is 0 Å². The molecule has 2 N–H and O–H groups in total. The number of hydrogen-bond acceptors (Lipinski definition) is 2. The van der Waals surface area contributed by atoms with Gasteiger partial charge in [0.2, 0.25) is 10.0 Å². The molecule has 0 atom stereocenters. The van der Waals surface area contributed by atoms with Gasteiger partial charge in [0.05, 0.1) is 23.5 Å². The van der Waals surface area contributed by atoms with Crippen molar-refractivity contribution in [1.82, 2.24) is 4.31 Å². The number of quaternary nitrogens is 1. The molecule has 2 aliphatic rings. The molecular formula is C15H20F3N2O2S+. The summed E-state index contributed by atoms with van der Waals surface area (Å²) < 4.78 is 66.0. The number of benzene rings is 1. The van der Waals surface area contributed by atoms with Crippen LogP contribution in [0.25, 0.3) is 0 Å². The van der Waals surface area contributed by atoms with Crippen molar-refractivity contribution in [1.29, 1.82) is 0 Å². The van der Waals surface area contributed by atoms with Crippen molar-refractivity contribution < 1.29 is 26.9 Å². The zero-order valence-corrected chi connectivity index (χ0v) is 13.4. The first-order chi connectivity index (χ1) is 10.8. The Balaban J connectivity index is 1.95. The highest BCUT2D eigenvalue weighted by atomic mass is 32.2. The molecule has 4 nitrogen and oxygen atoms in total. The summed E-state index contributed by atoms with van der Waals surface area (Å²) in [7, 11) is -3.90. The second-order valence-corrected chi connectivity index (χ2v) is 8.03. The smallest absolute Gasteiger partial charge is 0.346 e. The van der Waals surface area contributed by atoms with Gasteiger partial charge >= 0.3 is 6.18 Å². The SMILES string of the molecule is O=S(=O)(c1cccc(C(F)(F)F)c1)N(C1CC[NH2+]CC1)C1CC1. The van der Waals surface area contributed by atoms with Gasteiger partial charge in [-0.3, -0.25) is 0 Å². The highest BCUT2D eigenvalue weighted by molar-refractivity contribution is 7.89. The number of hydrogen-bond donors (Lipinski definition) is 1. The molecule has 23 heavy (non-hydrogen) atoms. The van der Waals surface area contributed by atoms with E-state index >= 15 is 0 Å². The van der Waals surface area contributed by atoms with Crippen LogP contribution >= 0.6 is 0 Å². The van der Waals surface area contributed by atoms with E-state index in [9.17, 15) is 21.6 Å². The highest BCUT2D eigenvalue weighted by Crippen LogP contribution is 2.37. The fourth-order valence-electron chi connectivity index (χ4n) is 3.14. The first kappa shape index (κ1) is 16.7. The van der Waals surface area contributed by atoms with Gasteiger partial charge in [-0.05, 0) is 31.0 Å². The van der Waals surface area contributed by atoms with E-state index in [0.717, 1.165) is 57.0 Å². The van der Waals surface area contributed by atoms with E-state index in [2.05, 4.69) is 5.32 Å². The molecule has 1 aliphatic carbocycles. The minimum Gasteiger partial charge on any atom is -0.346 e. The minimum absolute atomic E-state index is 0.0577. The van der Waals surface area contributed by atoms with Gasteiger partial charge in [-0.2, -0.15) is 17.5 Å². The number of alkyl halides is 3. The Morgan fingerprint density at radius 2 is 1.65 bits per heavy atom. The van der Waals surface area contributed by atoms with E-state index in [1.165, 1.54) is 10.4 Å². The summed E-state index contributed by atoms with van der Waals surface area (Å²) in [6.45, 7) is 1.71. The molecule has 128 valence electrons. The van der Waals surface area contributed by atoms with Crippen LogP contribution in [-0.4, -0.2) is 37.9 Å². The van der Waals surface area contributed by atoms with Crippen LogP contribution in [0.15, 0.2) is 29.2 Å². The van der Waals surface area contributed by atoms with Gasteiger partial charge in [-0.1, -0.05) is 6.07 Å². The minimum atomic E-state index is -4.55. The van der Waals surface area contributed by atoms with Crippen LogP contribution in [0.2, 0.25) is 0 Å². The van der Waals surface area contributed by atoms with Crippen LogP contribution in [0.3, 0.4) is 0 Å². The fraction of sp³-hybridized carbons (Fsp3) is 0.600. The lowest BCUT2D eigenvalue weighted by Gasteiger charge is -2.32. The molecular weight excluding hydrogens is 329 g/mol. The van der Waals surface area contributed by atoms with Gasteiger partial charge < -0.3 is 5.32 Å². The summed E-state index contributed by atoms with van der Waals surface area (Å²) in [5.74, 6) is 0. The Labute approximate surface area is 133 Å². The lowest BCUT2D eigenvalue weighted by atomic mass is 10.1. The molecule has 1 saturated carbocycles. The fourth-order valence-corrected chi connectivity index (χ4v) is 5.11. The number of piperidine rings is 1. The maximum atomic E-state index is 12.9. The third kappa shape index (κ3) is 3.54. The van der Waals surface area contributed by atoms with Gasteiger partial charge in [0.1, 0.15) is 0 Å². The average Bonchev–Trinajstić information content (AvgIpc) is 3.32. The topological polar surface area (TPSA) is 54.0 Å². The van der Waals surface area contributed by atoms with Gasteiger partial charge in [0.25, 0.3) is 0 Å². The summed E-state index contributed by atoms with van der Waals surface area (Å²) in [6, 6.07) is 3.91. The monoisotopic (exact) mass is 349 g/mol. The van der Waals surface area contributed by atoms with Crippen molar-refractivity contribution in [3.63, 3.8) is 0 Å². The Hall–Kier alpha value is -1.12. The van der Waals surface area contributed by atoms with Crippen molar-refractivity contribution in [3.8, 4) is 0 Å². The number of nitrogens with two attached hydrogens (primary N) is 1. The van der Waals surface area contributed by atoms with Crippen molar-refractivity contribution >= 4 is 10.0 Å². The maximum Gasteiger partial charge on any atom is 0.416 e. The van der Waals surface area contributed by atoms with E-state index in [4.69, 9.17) is 0 Å². The second-order valence-electron chi connectivity index (χ2n) is 6.19. The van der Waals surface area contributed by atoms with Crippen molar-refractivity contribution in [3.05, 3.63) is 29.8 Å². The van der Waals surface area contributed by atoms with Crippen molar-refractivity contribution in [2.45, 2.75) is 48.8 Å². The molecule has 8 heteroatoms. The summed E-state index contributed by atoms with van der Waals surface area (Å²) in [5, 5.41) is 2.14.